The molecule has 0 aliphatic heterocycles. The number of nitrogens with zero attached hydrogens (tertiary/aromatic N) is 5. The van der Waals surface area contributed by atoms with Crippen LogP contribution in [0, 0.1) is 0 Å². The van der Waals surface area contributed by atoms with Crippen molar-refractivity contribution in [1.29, 1.82) is 0 Å². The molecule has 2 aromatic heterocycles. The van der Waals surface area contributed by atoms with Gasteiger partial charge in [-0.15, -0.1) is 5.10 Å². The topological polar surface area (TPSA) is 98.3 Å². The number of thioether (sulfide) groups is 1. The molecule has 0 amide bonds. The van der Waals surface area contributed by atoms with Crippen LogP contribution >= 0.6 is 11.8 Å². The summed E-state index contributed by atoms with van der Waals surface area (Å²) < 4.78 is 1.91. The first kappa shape index (κ1) is 11.7. The lowest BCUT2D eigenvalue weighted by Crippen LogP contribution is -1.99. The van der Waals surface area contributed by atoms with Gasteiger partial charge < -0.3 is 10.7 Å². The molecule has 1 aliphatic carbocycles. The molecule has 0 radical (unpaired) electrons. The van der Waals surface area contributed by atoms with Gasteiger partial charge in [-0.1, -0.05) is 11.8 Å². The molecule has 3 aromatic rings. The zero-order chi connectivity index (χ0) is 13.5. The van der Waals surface area contributed by atoms with Crippen molar-refractivity contribution in [2.75, 3.05) is 5.73 Å². The zero-order valence-electron chi connectivity index (χ0n) is 10.7. The molecule has 1 fully saturated rings. The zero-order valence-corrected chi connectivity index (χ0v) is 11.5. The van der Waals surface area contributed by atoms with Gasteiger partial charge in [0.1, 0.15) is 5.82 Å². The summed E-state index contributed by atoms with van der Waals surface area (Å²) >= 11 is 1.60. The van der Waals surface area contributed by atoms with E-state index in [4.69, 9.17) is 5.73 Å². The Morgan fingerprint density at radius 3 is 3.15 bits per heavy atom. The fourth-order valence-electron chi connectivity index (χ4n) is 2.11. The minimum Gasteiger partial charge on any atom is -0.399 e. The van der Waals surface area contributed by atoms with Gasteiger partial charge in [-0.2, -0.15) is 0 Å². The maximum atomic E-state index is 5.76. The lowest BCUT2D eigenvalue weighted by Gasteiger charge is -1.99. The second kappa shape index (κ2) is 4.48. The summed E-state index contributed by atoms with van der Waals surface area (Å²) in [5.74, 6) is 1.61. The fraction of sp³-hybridized carbons (Fsp3) is 0.333. The Kier molecular flexibility index (Phi) is 2.62. The van der Waals surface area contributed by atoms with Gasteiger partial charge in [-0.05, 0) is 41.5 Å². The Bertz CT molecular complexity index is 758. The Labute approximate surface area is 118 Å². The molecular formula is C12H13N7S. The van der Waals surface area contributed by atoms with Crippen LogP contribution < -0.4 is 5.73 Å². The molecule has 2 heterocycles. The maximum Gasteiger partial charge on any atom is 0.210 e. The van der Waals surface area contributed by atoms with E-state index in [1.54, 1.807) is 11.8 Å². The van der Waals surface area contributed by atoms with Crippen molar-refractivity contribution in [2.45, 2.75) is 29.8 Å². The fourth-order valence-corrected chi connectivity index (χ4v) is 2.92. The number of rotatable bonds is 4. The number of H-pyrrole nitrogens is 1. The number of fused-ring (bicyclic) bond motifs is 1. The predicted molar refractivity (Wildman–Crippen MR) is 76.2 cm³/mol. The second-order valence-electron chi connectivity index (χ2n) is 4.89. The summed E-state index contributed by atoms with van der Waals surface area (Å²) in [5.41, 5.74) is 8.38. The summed E-state index contributed by atoms with van der Waals surface area (Å²) in [6.45, 7) is 0. The third-order valence-corrected chi connectivity index (χ3v) is 4.19. The molecule has 4 rings (SSSR count). The first-order valence-corrected chi connectivity index (χ1v) is 7.43. The van der Waals surface area contributed by atoms with Crippen LogP contribution in [0.2, 0.25) is 0 Å². The van der Waals surface area contributed by atoms with Crippen LogP contribution in [0.3, 0.4) is 0 Å². The third kappa shape index (κ3) is 2.11. The van der Waals surface area contributed by atoms with Crippen molar-refractivity contribution in [1.82, 2.24) is 30.2 Å². The van der Waals surface area contributed by atoms with E-state index in [2.05, 4.69) is 25.5 Å². The lowest BCUT2D eigenvalue weighted by atomic mass is 10.3. The minimum absolute atomic E-state index is 0.489. The second-order valence-corrected chi connectivity index (χ2v) is 5.83. The predicted octanol–water partition coefficient (Wildman–Crippen LogP) is 1.76. The number of anilines is 1. The molecule has 0 atom stereocenters. The van der Waals surface area contributed by atoms with Gasteiger partial charge in [0, 0.05) is 5.69 Å². The Hall–Kier alpha value is -2.09. The van der Waals surface area contributed by atoms with Crippen LogP contribution in [0.15, 0.2) is 23.4 Å². The number of aromatic amines is 1. The molecule has 1 aromatic carbocycles. The van der Waals surface area contributed by atoms with Crippen LogP contribution in [0.25, 0.3) is 11.0 Å². The van der Waals surface area contributed by atoms with Gasteiger partial charge >= 0.3 is 0 Å². The van der Waals surface area contributed by atoms with Gasteiger partial charge in [-0.3, -0.25) is 0 Å². The maximum absolute atomic E-state index is 5.76. The molecule has 1 saturated carbocycles. The van der Waals surface area contributed by atoms with E-state index in [-0.39, 0.29) is 0 Å². The van der Waals surface area contributed by atoms with Gasteiger partial charge in [0.05, 0.1) is 22.8 Å². The molecule has 20 heavy (non-hydrogen) atoms. The van der Waals surface area contributed by atoms with Gasteiger partial charge in [-0.25, -0.2) is 9.67 Å². The number of imidazole rings is 1. The van der Waals surface area contributed by atoms with E-state index in [0.717, 1.165) is 27.7 Å². The smallest absolute Gasteiger partial charge is 0.210 e. The number of aromatic nitrogens is 6. The van der Waals surface area contributed by atoms with Gasteiger partial charge in [0.15, 0.2) is 0 Å². The van der Waals surface area contributed by atoms with Crippen LogP contribution in [-0.4, -0.2) is 30.2 Å². The first-order valence-electron chi connectivity index (χ1n) is 6.44. The van der Waals surface area contributed by atoms with E-state index < -0.39 is 0 Å². The normalized spacial score (nSPS) is 15.0. The number of nitrogen functional groups attached to an aromatic ring is 1. The summed E-state index contributed by atoms with van der Waals surface area (Å²) in [6, 6.07) is 6.16. The lowest BCUT2D eigenvalue weighted by molar-refractivity contribution is 0.565. The highest BCUT2D eigenvalue weighted by atomic mass is 32.2. The monoisotopic (exact) mass is 287 g/mol. The first-order chi connectivity index (χ1) is 9.79. The van der Waals surface area contributed by atoms with Crippen LogP contribution in [0.1, 0.15) is 24.7 Å². The van der Waals surface area contributed by atoms with E-state index in [0.29, 0.717) is 11.8 Å². The summed E-state index contributed by atoms with van der Waals surface area (Å²) in [4.78, 5) is 7.81. The minimum atomic E-state index is 0.489. The molecule has 8 heteroatoms. The highest BCUT2D eigenvalue weighted by Gasteiger charge is 2.27. The van der Waals surface area contributed by atoms with E-state index in [9.17, 15) is 0 Å². The van der Waals surface area contributed by atoms with Crippen LogP contribution in [0.5, 0.6) is 0 Å². The molecule has 0 unspecified atom stereocenters. The number of nitrogens with one attached hydrogen (secondary N) is 1. The number of nitrogens with two attached hydrogens (primary N) is 1. The van der Waals surface area contributed by atoms with E-state index in [1.165, 1.54) is 12.8 Å². The van der Waals surface area contributed by atoms with Crippen molar-refractivity contribution in [3.05, 3.63) is 24.0 Å². The average molecular weight is 287 g/mol. The number of benzene rings is 1. The third-order valence-electron chi connectivity index (χ3n) is 3.25. The Morgan fingerprint density at radius 1 is 1.40 bits per heavy atom. The largest absolute Gasteiger partial charge is 0.399 e. The van der Waals surface area contributed by atoms with Crippen molar-refractivity contribution < 1.29 is 0 Å². The van der Waals surface area contributed by atoms with Gasteiger partial charge in [0.25, 0.3) is 0 Å². The van der Waals surface area contributed by atoms with Crippen molar-refractivity contribution in [2.24, 2.45) is 0 Å². The van der Waals surface area contributed by atoms with Gasteiger partial charge in [0.2, 0.25) is 5.16 Å². The number of tetrazole rings is 1. The summed E-state index contributed by atoms with van der Waals surface area (Å²) in [5, 5.41) is 12.7. The Morgan fingerprint density at radius 2 is 2.30 bits per heavy atom. The molecule has 0 bridgehead atoms. The van der Waals surface area contributed by atoms with Crippen molar-refractivity contribution in [3.8, 4) is 0 Å². The van der Waals surface area contributed by atoms with Crippen molar-refractivity contribution in [3.63, 3.8) is 0 Å². The molecule has 0 saturated heterocycles. The highest BCUT2D eigenvalue weighted by molar-refractivity contribution is 7.98. The molecule has 7 nitrogen and oxygen atoms in total. The van der Waals surface area contributed by atoms with Crippen LogP contribution in [0.4, 0.5) is 5.69 Å². The molecule has 102 valence electrons. The number of hydrogen-bond donors (Lipinski definition) is 2. The molecule has 3 N–H and O–H groups in total. The SMILES string of the molecule is Nc1ccc2nc(CSc3nnnn3C3CC3)[nH]c2c1. The average Bonchev–Trinajstić information content (AvgIpc) is 3.03. The molecule has 0 spiro atoms. The quantitative estimate of drug-likeness (QED) is 0.560. The standard InChI is InChI=1S/C12H13N7S/c13-7-1-4-9-10(5-7)15-11(14-9)6-20-12-16-17-18-19(12)8-2-3-8/h1,4-5,8H,2-3,6,13H2,(H,14,15). The van der Waals surface area contributed by atoms with Crippen LogP contribution in [-0.2, 0) is 5.75 Å². The van der Waals surface area contributed by atoms with E-state index in [1.807, 2.05) is 22.9 Å². The summed E-state index contributed by atoms with van der Waals surface area (Å²) in [7, 11) is 0. The molecular weight excluding hydrogens is 274 g/mol. The Balaban J connectivity index is 1.53. The van der Waals surface area contributed by atoms with Crippen molar-refractivity contribution >= 4 is 28.5 Å². The number of hydrogen-bond acceptors (Lipinski definition) is 6. The summed E-state index contributed by atoms with van der Waals surface area (Å²) in [6.07, 6.45) is 2.34. The van der Waals surface area contributed by atoms with E-state index >= 15 is 0 Å². The highest BCUT2D eigenvalue weighted by Crippen LogP contribution is 2.36. The molecule has 1 aliphatic rings.